The summed E-state index contributed by atoms with van der Waals surface area (Å²) in [5, 5.41) is 18.5. The van der Waals surface area contributed by atoms with Gasteiger partial charge in [-0.2, -0.15) is 0 Å². The van der Waals surface area contributed by atoms with Crippen molar-refractivity contribution in [2.45, 2.75) is 44.2 Å². The maximum Gasteiger partial charge on any atom is 0.310 e. The molecule has 3 saturated heterocycles. The predicted molar refractivity (Wildman–Crippen MR) is 60.7 cm³/mol. The van der Waals surface area contributed by atoms with Gasteiger partial charge >= 0.3 is 11.9 Å². The quantitative estimate of drug-likeness (QED) is 0.723. The summed E-state index contributed by atoms with van der Waals surface area (Å²) in [6.07, 6.45) is -2.89. The van der Waals surface area contributed by atoms with Crippen molar-refractivity contribution in [3.8, 4) is 0 Å². The highest BCUT2D eigenvalue weighted by atomic mass is 16.9. The molecule has 20 heavy (non-hydrogen) atoms. The van der Waals surface area contributed by atoms with E-state index < -0.39 is 54.2 Å². The summed E-state index contributed by atoms with van der Waals surface area (Å²) in [5.74, 6) is -5.94. The van der Waals surface area contributed by atoms with E-state index in [-0.39, 0.29) is 0 Å². The van der Waals surface area contributed by atoms with E-state index in [1.165, 1.54) is 0 Å². The summed E-state index contributed by atoms with van der Waals surface area (Å²) in [5.41, 5.74) is 0. The lowest BCUT2D eigenvalue weighted by Gasteiger charge is -2.27. The third-order valence-corrected chi connectivity index (χ3v) is 4.06. The van der Waals surface area contributed by atoms with Crippen molar-refractivity contribution in [2.24, 2.45) is 11.8 Å². The molecule has 8 nitrogen and oxygen atoms in total. The van der Waals surface area contributed by atoms with Gasteiger partial charge in [-0.05, 0) is 6.92 Å². The SMILES string of the molecule is CCOC1(C)OC2C3O[C@@H](C(C(=O)O)C3C(=O)O)[C@H]2O1. The van der Waals surface area contributed by atoms with Crippen LogP contribution >= 0.6 is 0 Å². The predicted octanol–water partition coefficient (Wildman–Crippen LogP) is -0.337. The molecule has 3 aliphatic heterocycles. The van der Waals surface area contributed by atoms with Gasteiger partial charge in [0.05, 0.1) is 0 Å². The average molecular weight is 288 g/mol. The lowest BCUT2D eigenvalue weighted by Crippen LogP contribution is -2.50. The zero-order valence-corrected chi connectivity index (χ0v) is 11.0. The zero-order valence-electron chi connectivity index (χ0n) is 11.0. The number of ether oxygens (including phenoxy) is 4. The fourth-order valence-electron chi connectivity index (χ4n) is 3.41. The lowest BCUT2D eigenvalue weighted by atomic mass is 9.76. The van der Waals surface area contributed by atoms with Gasteiger partial charge in [0, 0.05) is 13.5 Å². The van der Waals surface area contributed by atoms with Crippen LogP contribution < -0.4 is 0 Å². The highest BCUT2D eigenvalue weighted by Crippen LogP contribution is 2.51. The molecule has 3 aliphatic rings. The second kappa shape index (κ2) is 4.39. The molecule has 5 unspecified atom stereocenters. The molecule has 3 rings (SSSR count). The Hall–Kier alpha value is -1.22. The highest BCUT2D eigenvalue weighted by molar-refractivity contribution is 5.82. The molecule has 0 radical (unpaired) electrons. The molecule has 3 fully saturated rings. The van der Waals surface area contributed by atoms with Crippen molar-refractivity contribution in [1.29, 1.82) is 0 Å². The van der Waals surface area contributed by atoms with Crippen LogP contribution in [0, 0.1) is 11.8 Å². The van der Waals surface area contributed by atoms with E-state index in [4.69, 9.17) is 18.9 Å². The largest absolute Gasteiger partial charge is 0.481 e. The van der Waals surface area contributed by atoms with Crippen molar-refractivity contribution in [2.75, 3.05) is 6.61 Å². The fraction of sp³-hybridized carbons (Fsp3) is 0.833. The minimum Gasteiger partial charge on any atom is -0.481 e. The van der Waals surface area contributed by atoms with E-state index in [0.29, 0.717) is 6.61 Å². The van der Waals surface area contributed by atoms with Gasteiger partial charge in [-0.3, -0.25) is 9.59 Å². The number of hydrogen-bond donors (Lipinski definition) is 2. The Balaban J connectivity index is 1.88. The Morgan fingerprint density at radius 1 is 1.05 bits per heavy atom. The Bertz CT molecular complexity index is 415. The molecule has 3 heterocycles. The summed E-state index contributed by atoms with van der Waals surface area (Å²) in [4.78, 5) is 22.6. The Labute approximate surface area is 114 Å². The number of rotatable bonds is 4. The number of carboxylic acid groups (broad SMARTS) is 2. The molecule has 112 valence electrons. The normalized spacial score (nSPS) is 49.3. The molecule has 8 heteroatoms. The summed E-state index contributed by atoms with van der Waals surface area (Å²) >= 11 is 0. The van der Waals surface area contributed by atoms with Crippen LogP contribution in [0.2, 0.25) is 0 Å². The van der Waals surface area contributed by atoms with Crippen molar-refractivity contribution >= 4 is 11.9 Å². The molecule has 7 atom stereocenters. The van der Waals surface area contributed by atoms with Crippen LogP contribution in [-0.4, -0.2) is 59.1 Å². The van der Waals surface area contributed by atoms with Gasteiger partial charge < -0.3 is 29.2 Å². The molecule has 0 amide bonds. The summed E-state index contributed by atoms with van der Waals surface area (Å²) in [7, 11) is 0. The number of carboxylic acids is 2. The van der Waals surface area contributed by atoms with Gasteiger partial charge in [0.25, 0.3) is 5.97 Å². The maximum absolute atomic E-state index is 11.3. The molecule has 0 spiro atoms. The Morgan fingerprint density at radius 3 is 1.85 bits per heavy atom. The van der Waals surface area contributed by atoms with Crippen molar-refractivity contribution in [3.63, 3.8) is 0 Å². The van der Waals surface area contributed by atoms with Crippen molar-refractivity contribution in [1.82, 2.24) is 0 Å². The lowest BCUT2D eigenvalue weighted by molar-refractivity contribution is -0.339. The van der Waals surface area contributed by atoms with Gasteiger partial charge in [0.15, 0.2) is 0 Å². The number of aliphatic carboxylic acids is 2. The molecular weight excluding hydrogens is 272 g/mol. The second-order valence-corrected chi connectivity index (χ2v) is 5.25. The van der Waals surface area contributed by atoms with Crippen LogP contribution in [0.4, 0.5) is 0 Å². The van der Waals surface area contributed by atoms with Crippen LogP contribution in [0.5, 0.6) is 0 Å². The van der Waals surface area contributed by atoms with Crippen LogP contribution in [0.3, 0.4) is 0 Å². The van der Waals surface area contributed by atoms with Crippen LogP contribution in [0.25, 0.3) is 0 Å². The zero-order chi connectivity index (χ0) is 14.7. The third kappa shape index (κ3) is 1.76. The first-order chi connectivity index (χ1) is 9.38. The van der Waals surface area contributed by atoms with Gasteiger partial charge in [-0.1, -0.05) is 0 Å². The molecule has 0 aromatic heterocycles. The molecule has 0 aliphatic carbocycles. The standard InChI is InChI=1S/C12H16O8/c1-3-17-12(2)19-8-6-4(10(13)14)5(11(15)16)7(18-6)9(8)20-12/h4-9H,3H2,1-2H3,(H,13,14)(H,15,16)/t4?,5?,6-,7?,8+,9?,12?/m0/s1. The Kier molecular flexibility index (Phi) is 3.02. The minimum atomic E-state index is -1.28. The summed E-state index contributed by atoms with van der Waals surface area (Å²) in [6.45, 7) is 3.72. The number of carbonyl (C=O) groups is 2. The van der Waals surface area contributed by atoms with E-state index in [0.717, 1.165) is 0 Å². The first kappa shape index (κ1) is 13.7. The van der Waals surface area contributed by atoms with E-state index in [1.807, 2.05) is 0 Å². The molecule has 0 aromatic carbocycles. The molecular formula is C12H16O8. The molecule has 0 saturated carbocycles. The van der Waals surface area contributed by atoms with Crippen LogP contribution in [0.1, 0.15) is 13.8 Å². The third-order valence-electron chi connectivity index (χ3n) is 4.06. The van der Waals surface area contributed by atoms with Crippen molar-refractivity contribution in [3.05, 3.63) is 0 Å². The minimum absolute atomic E-state index is 0.358. The van der Waals surface area contributed by atoms with Gasteiger partial charge in [-0.25, -0.2) is 0 Å². The molecule has 0 aromatic rings. The molecule has 2 bridgehead atoms. The highest BCUT2D eigenvalue weighted by Gasteiger charge is 2.70. The van der Waals surface area contributed by atoms with Gasteiger partial charge in [-0.15, -0.1) is 0 Å². The molecule has 2 N–H and O–H groups in total. The monoisotopic (exact) mass is 288 g/mol. The smallest absolute Gasteiger partial charge is 0.310 e. The fourth-order valence-corrected chi connectivity index (χ4v) is 3.41. The van der Waals surface area contributed by atoms with Gasteiger partial charge in [0.1, 0.15) is 36.3 Å². The van der Waals surface area contributed by atoms with Gasteiger partial charge in [0.2, 0.25) is 0 Å². The number of hydrogen-bond acceptors (Lipinski definition) is 6. The average Bonchev–Trinajstić information content (AvgIpc) is 2.95. The topological polar surface area (TPSA) is 112 Å². The van der Waals surface area contributed by atoms with E-state index >= 15 is 0 Å². The van der Waals surface area contributed by atoms with E-state index in [9.17, 15) is 19.8 Å². The van der Waals surface area contributed by atoms with E-state index in [2.05, 4.69) is 0 Å². The number of fused-ring (bicyclic) bond motifs is 5. The maximum atomic E-state index is 11.3. The first-order valence-corrected chi connectivity index (χ1v) is 6.48. The second-order valence-electron chi connectivity index (χ2n) is 5.25. The Morgan fingerprint density at radius 2 is 1.50 bits per heavy atom. The first-order valence-electron chi connectivity index (χ1n) is 6.48. The van der Waals surface area contributed by atoms with Crippen LogP contribution in [0.15, 0.2) is 0 Å². The van der Waals surface area contributed by atoms with Crippen molar-refractivity contribution < 1.29 is 38.7 Å². The summed E-state index contributed by atoms with van der Waals surface area (Å²) in [6, 6.07) is 0. The summed E-state index contributed by atoms with van der Waals surface area (Å²) < 4.78 is 22.1. The van der Waals surface area contributed by atoms with E-state index in [1.54, 1.807) is 13.8 Å². The van der Waals surface area contributed by atoms with Crippen LogP contribution in [-0.2, 0) is 28.5 Å².